The van der Waals surface area contributed by atoms with Gasteiger partial charge in [-0.15, -0.1) is 0 Å². The number of hydrogen-bond acceptors (Lipinski definition) is 7. The topological polar surface area (TPSA) is 90.9 Å². The molecule has 34 heavy (non-hydrogen) atoms. The maximum Gasteiger partial charge on any atom is 0.341 e. The first-order chi connectivity index (χ1) is 16.4. The van der Waals surface area contributed by atoms with Crippen molar-refractivity contribution in [3.8, 4) is 17.2 Å². The second-order valence-electron chi connectivity index (χ2n) is 7.77. The molecule has 0 radical (unpaired) electrons. The summed E-state index contributed by atoms with van der Waals surface area (Å²) in [6, 6.07) is 10.6. The third-order valence-electron chi connectivity index (χ3n) is 5.46. The summed E-state index contributed by atoms with van der Waals surface area (Å²) >= 11 is 11.9. The number of nitrogens with one attached hydrogen (secondary N) is 2. The molecule has 1 fully saturated rings. The molecule has 2 aromatic carbocycles. The molecule has 0 saturated heterocycles. The zero-order chi connectivity index (χ0) is 24.2. The first kappa shape index (κ1) is 24.0. The number of methoxy groups -OCH3 is 3. The Kier molecular flexibility index (Phi) is 7.35. The summed E-state index contributed by atoms with van der Waals surface area (Å²) in [4.78, 5) is 16.5. The number of carbonyl (C=O) groups is 1. The zero-order valence-electron chi connectivity index (χ0n) is 18.9. The number of benzene rings is 2. The van der Waals surface area contributed by atoms with E-state index in [0.717, 1.165) is 6.42 Å². The van der Waals surface area contributed by atoms with Crippen molar-refractivity contribution in [2.45, 2.75) is 12.5 Å². The average Bonchev–Trinajstić information content (AvgIpc) is 3.56. The van der Waals surface area contributed by atoms with Crippen LogP contribution < -0.4 is 20.1 Å². The van der Waals surface area contributed by atoms with Crippen LogP contribution in [0.4, 0.5) is 5.69 Å². The Morgan fingerprint density at radius 2 is 2.00 bits per heavy atom. The van der Waals surface area contributed by atoms with Crippen molar-refractivity contribution in [2.75, 3.05) is 33.3 Å². The van der Waals surface area contributed by atoms with Crippen LogP contribution in [-0.2, 0) is 9.47 Å². The zero-order valence-corrected chi connectivity index (χ0v) is 20.5. The highest BCUT2D eigenvalue weighted by atomic mass is 35.5. The fourth-order valence-corrected chi connectivity index (χ4v) is 4.09. The Hall–Kier alpha value is -3.14. The van der Waals surface area contributed by atoms with E-state index in [0.29, 0.717) is 62.5 Å². The number of nitrogens with zero attached hydrogens (tertiary/aromatic N) is 1. The molecule has 1 heterocycles. The van der Waals surface area contributed by atoms with Crippen molar-refractivity contribution in [3.63, 3.8) is 0 Å². The van der Waals surface area contributed by atoms with Gasteiger partial charge in [0.1, 0.15) is 22.8 Å². The van der Waals surface area contributed by atoms with Gasteiger partial charge in [0.25, 0.3) is 0 Å². The molecule has 8 nitrogen and oxygen atoms in total. The van der Waals surface area contributed by atoms with Gasteiger partial charge in [0.2, 0.25) is 0 Å². The van der Waals surface area contributed by atoms with E-state index in [-0.39, 0.29) is 5.56 Å². The smallest absolute Gasteiger partial charge is 0.341 e. The third-order valence-corrected chi connectivity index (χ3v) is 6.00. The quantitative estimate of drug-likeness (QED) is 0.333. The van der Waals surface area contributed by atoms with E-state index < -0.39 is 5.97 Å². The lowest BCUT2D eigenvalue weighted by Gasteiger charge is -2.14. The highest BCUT2D eigenvalue weighted by Crippen LogP contribution is 2.36. The van der Waals surface area contributed by atoms with Gasteiger partial charge in [0.05, 0.1) is 37.1 Å². The number of ether oxygens (including phenoxy) is 4. The Morgan fingerprint density at radius 1 is 1.18 bits per heavy atom. The molecule has 178 valence electrons. The van der Waals surface area contributed by atoms with Crippen molar-refractivity contribution in [3.05, 3.63) is 53.2 Å². The number of carbonyl (C=O) groups excluding carboxylic acids is 1. The number of thiocarbonyl (C=S) groups is 1. The minimum atomic E-state index is -0.517. The number of hydrogen-bond donors (Lipinski definition) is 2. The highest BCUT2D eigenvalue weighted by molar-refractivity contribution is 7.80. The van der Waals surface area contributed by atoms with Crippen LogP contribution in [0.5, 0.6) is 17.2 Å². The van der Waals surface area contributed by atoms with Gasteiger partial charge in [0, 0.05) is 42.8 Å². The number of rotatable bonds is 8. The predicted molar refractivity (Wildman–Crippen MR) is 134 cm³/mol. The van der Waals surface area contributed by atoms with Crippen LogP contribution in [-0.4, -0.2) is 50.0 Å². The SMILES string of the molecule is COCC1CC1NC(=S)Nc1ccc(Oc2ccnc3cc(OC)c(C(=O)OC)cc23)cc1Cl. The van der Waals surface area contributed by atoms with E-state index in [1.807, 2.05) is 0 Å². The van der Waals surface area contributed by atoms with Gasteiger partial charge < -0.3 is 29.6 Å². The Labute approximate surface area is 207 Å². The molecule has 1 aliphatic rings. The summed E-state index contributed by atoms with van der Waals surface area (Å²) in [5.41, 5.74) is 1.54. The summed E-state index contributed by atoms with van der Waals surface area (Å²) in [6.45, 7) is 0.713. The van der Waals surface area contributed by atoms with Crippen LogP contribution in [0.2, 0.25) is 5.02 Å². The van der Waals surface area contributed by atoms with Crippen molar-refractivity contribution in [1.82, 2.24) is 10.3 Å². The fraction of sp³-hybridized carbons (Fsp3) is 0.292. The fourth-order valence-electron chi connectivity index (χ4n) is 3.61. The number of fused-ring (bicyclic) bond motifs is 1. The molecule has 0 spiro atoms. The van der Waals surface area contributed by atoms with Crippen LogP contribution in [0.3, 0.4) is 0 Å². The molecule has 0 bridgehead atoms. The van der Waals surface area contributed by atoms with Gasteiger partial charge in [-0.25, -0.2) is 4.79 Å². The van der Waals surface area contributed by atoms with Crippen molar-refractivity contribution >= 4 is 51.5 Å². The van der Waals surface area contributed by atoms with E-state index in [2.05, 4.69) is 15.6 Å². The van der Waals surface area contributed by atoms with Crippen LogP contribution in [0.1, 0.15) is 16.8 Å². The number of esters is 1. The summed E-state index contributed by atoms with van der Waals surface area (Å²) in [5, 5.41) is 7.96. The third kappa shape index (κ3) is 5.32. The van der Waals surface area contributed by atoms with Gasteiger partial charge in [0.15, 0.2) is 5.11 Å². The Morgan fingerprint density at radius 3 is 2.71 bits per heavy atom. The molecule has 2 unspecified atom stereocenters. The Bertz CT molecular complexity index is 1240. The molecule has 2 atom stereocenters. The molecular formula is C24H24ClN3O5S. The number of aromatic nitrogens is 1. The molecule has 0 amide bonds. The molecular weight excluding hydrogens is 478 g/mol. The molecule has 1 saturated carbocycles. The van der Waals surface area contributed by atoms with E-state index >= 15 is 0 Å². The second kappa shape index (κ2) is 10.4. The van der Waals surface area contributed by atoms with Gasteiger partial charge in [-0.3, -0.25) is 4.98 Å². The lowest BCUT2D eigenvalue weighted by atomic mass is 10.1. The van der Waals surface area contributed by atoms with Crippen LogP contribution in [0.25, 0.3) is 10.9 Å². The largest absolute Gasteiger partial charge is 0.496 e. The first-order valence-corrected chi connectivity index (χ1v) is 11.3. The van der Waals surface area contributed by atoms with E-state index in [9.17, 15) is 4.79 Å². The van der Waals surface area contributed by atoms with E-state index in [1.165, 1.54) is 14.2 Å². The first-order valence-electron chi connectivity index (χ1n) is 10.5. The normalized spacial score (nSPS) is 16.6. The molecule has 1 aromatic heterocycles. The minimum Gasteiger partial charge on any atom is -0.496 e. The molecule has 10 heteroatoms. The molecule has 3 aromatic rings. The molecule has 1 aliphatic carbocycles. The van der Waals surface area contributed by atoms with Crippen molar-refractivity contribution in [2.24, 2.45) is 5.92 Å². The summed E-state index contributed by atoms with van der Waals surface area (Å²) in [7, 11) is 4.49. The molecule has 2 N–H and O–H groups in total. The number of halogens is 1. The van der Waals surface area contributed by atoms with Gasteiger partial charge >= 0.3 is 5.97 Å². The Balaban J connectivity index is 1.51. The summed E-state index contributed by atoms with van der Waals surface area (Å²) in [5.74, 6) is 1.35. The maximum absolute atomic E-state index is 12.2. The van der Waals surface area contributed by atoms with E-state index in [4.69, 9.17) is 42.8 Å². The monoisotopic (exact) mass is 501 g/mol. The number of anilines is 1. The summed E-state index contributed by atoms with van der Waals surface area (Å²) < 4.78 is 21.4. The van der Waals surface area contributed by atoms with Crippen molar-refractivity contribution < 1.29 is 23.7 Å². The van der Waals surface area contributed by atoms with Crippen molar-refractivity contribution in [1.29, 1.82) is 0 Å². The second-order valence-corrected chi connectivity index (χ2v) is 8.59. The predicted octanol–water partition coefficient (Wildman–Crippen LogP) is 4.80. The van der Waals surface area contributed by atoms with Crippen LogP contribution >= 0.6 is 23.8 Å². The lowest BCUT2D eigenvalue weighted by molar-refractivity contribution is 0.0597. The van der Waals surface area contributed by atoms with Crippen LogP contribution in [0.15, 0.2) is 42.6 Å². The lowest BCUT2D eigenvalue weighted by Crippen LogP contribution is -2.31. The van der Waals surface area contributed by atoms with Gasteiger partial charge in [-0.05, 0) is 42.9 Å². The average molecular weight is 502 g/mol. The molecule has 0 aliphatic heterocycles. The molecule has 4 rings (SSSR count). The van der Waals surface area contributed by atoms with Gasteiger partial charge in [-0.2, -0.15) is 0 Å². The number of pyridine rings is 1. The van der Waals surface area contributed by atoms with Gasteiger partial charge in [-0.1, -0.05) is 11.6 Å². The minimum absolute atomic E-state index is 0.275. The maximum atomic E-state index is 12.2. The highest BCUT2D eigenvalue weighted by Gasteiger charge is 2.37. The standard InChI is InChI=1S/C24H24ClN3O5S/c1-30-12-13-8-19(13)28-24(34)27-18-5-4-14(9-17(18)25)33-21-6-7-26-20-11-22(31-2)16(10-15(20)21)23(29)32-3/h4-7,9-11,13,19H,8,12H2,1-3H3,(H2,27,28,34). The van der Waals surface area contributed by atoms with Crippen LogP contribution in [0, 0.1) is 5.92 Å². The van der Waals surface area contributed by atoms with E-state index in [1.54, 1.807) is 49.7 Å². The summed E-state index contributed by atoms with van der Waals surface area (Å²) in [6.07, 6.45) is 2.64.